The third-order valence-corrected chi connectivity index (χ3v) is 10.3. The molecular weight excluding hydrogens is 588 g/mol. The third kappa shape index (κ3) is 4.96. The quantitative estimate of drug-likeness (QED) is 0.185. The molecule has 232 valence electrons. The lowest BCUT2D eigenvalue weighted by Crippen LogP contribution is -2.29. The number of allylic oxidation sites excluding steroid dienone is 6. The number of hydrogen-bond donors (Lipinski definition) is 2. The normalized spacial score (nSPS) is 17.9. The van der Waals surface area contributed by atoms with Crippen molar-refractivity contribution in [2.75, 3.05) is 19.8 Å². The number of rotatable bonds is 7. The summed E-state index contributed by atoms with van der Waals surface area (Å²) in [5.74, 6) is 0. The highest BCUT2D eigenvalue weighted by molar-refractivity contribution is 6.32. The van der Waals surface area contributed by atoms with E-state index in [-0.39, 0.29) is 18.6 Å². The Morgan fingerprint density at radius 2 is 1.59 bits per heavy atom. The van der Waals surface area contributed by atoms with Crippen molar-refractivity contribution >= 4 is 68.1 Å². The molecule has 46 heavy (non-hydrogen) atoms. The van der Waals surface area contributed by atoms with Crippen molar-refractivity contribution in [3.05, 3.63) is 123 Å². The molecule has 2 aliphatic rings. The predicted octanol–water partition coefficient (Wildman–Crippen LogP) is 7.36. The van der Waals surface area contributed by atoms with Crippen LogP contribution in [0.4, 0.5) is 5.69 Å². The van der Waals surface area contributed by atoms with Gasteiger partial charge in [-0.05, 0) is 84.0 Å². The zero-order valence-electron chi connectivity index (χ0n) is 26.6. The van der Waals surface area contributed by atoms with Crippen LogP contribution in [0.2, 0.25) is 0 Å². The van der Waals surface area contributed by atoms with Crippen LogP contribution in [0.25, 0.3) is 45.1 Å². The van der Waals surface area contributed by atoms with Crippen molar-refractivity contribution in [3.63, 3.8) is 0 Å². The van der Waals surface area contributed by atoms with E-state index in [2.05, 4.69) is 127 Å². The summed E-state index contributed by atoms with van der Waals surface area (Å²) in [7, 11) is 0. The van der Waals surface area contributed by atoms with E-state index in [0.717, 1.165) is 68.3 Å². The summed E-state index contributed by atoms with van der Waals surface area (Å²) in [5, 5.41) is 28.7. The average Bonchev–Trinajstić information content (AvgIpc) is 3.46. The largest absolute Gasteiger partial charge is 0.395 e. The number of aliphatic hydroxyl groups excluding tert-OH is 2. The lowest BCUT2D eigenvalue weighted by atomic mass is 9.79. The molecule has 2 heterocycles. The van der Waals surface area contributed by atoms with Gasteiger partial charge in [0.05, 0.1) is 12.0 Å². The van der Waals surface area contributed by atoms with E-state index in [4.69, 9.17) is 11.6 Å². The molecule has 5 heteroatoms. The van der Waals surface area contributed by atoms with Crippen LogP contribution in [0.3, 0.4) is 0 Å². The Hall–Kier alpha value is -4.22. The summed E-state index contributed by atoms with van der Waals surface area (Å²) in [6, 6.07) is 25.6. The molecular formula is C41H40ClN2O2+. The standard InChI is InChI=1S/C41H40ClN2O2/c1-27-34(43(23-25-45)35-20-15-28-9-4-6-13-32(28)38(27)35)19-17-30-11-8-12-31(40(30)42)18-22-37-41(2,3)39-33-14-7-5-10-29(33)16-21-36(39)44(37)24-26-46/h4-7,9-10,13-22,45-46H,1,8,11-12,23-26H2,2-3H3/q+1. The first-order valence-corrected chi connectivity index (χ1v) is 16.6. The number of benzene rings is 4. The molecule has 1 aliphatic heterocycles. The fourth-order valence-corrected chi connectivity index (χ4v) is 8.01. The first-order chi connectivity index (χ1) is 22.3. The predicted molar refractivity (Wildman–Crippen MR) is 194 cm³/mol. The van der Waals surface area contributed by atoms with E-state index in [0.29, 0.717) is 13.1 Å². The van der Waals surface area contributed by atoms with Gasteiger partial charge in [-0.3, -0.25) is 0 Å². The smallest absolute Gasteiger partial charge is 0.210 e. The molecule has 0 saturated heterocycles. The van der Waals surface area contributed by atoms with Gasteiger partial charge in [0.1, 0.15) is 6.61 Å². The summed E-state index contributed by atoms with van der Waals surface area (Å²) in [5.41, 5.74) is 6.68. The molecule has 2 N–H and O–H groups in total. The zero-order valence-corrected chi connectivity index (χ0v) is 27.3. The molecule has 1 aliphatic carbocycles. The highest BCUT2D eigenvalue weighted by Gasteiger charge is 2.45. The fourth-order valence-electron chi connectivity index (χ4n) is 7.70. The second kappa shape index (κ2) is 12.2. The van der Waals surface area contributed by atoms with Gasteiger partial charge in [-0.15, -0.1) is 0 Å². The van der Waals surface area contributed by atoms with Crippen LogP contribution in [0.15, 0.2) is 107 Å². The number of aliphatic hydroxyl groups is 2. The van der Waals surface area contributed by atoms with Crippen molar-refractivity contribution in [1.82, 2.24) is 4.57 Å². The Labute approximate surface area is 274 Å². The van der Waals surface area contributed by atoms with Gasteiger partial charge >= 0.3 is 0 Å². The highest BCUT2D eigenvalue weighted by Crippen LogP contribution is 2.44. The van der Waals surface area contributed by atoms with Crippen LogP contribution in [-0.2, 0) is 12.0 Å². The lowest BCUT2D eigenvalue weighted by molar-refractivity contribution is -0.440. The van der Waals surface area contributed by atoms with Crippen molar-refractivity contribution in [3.8, 4) is 0 Å². The zero-order chi connectivity index (χ0) is 32.0. The lowest BCUT2D eigenvalue weighted by Gasteiger charge is -2.19. The minimum atomic E-state index is -0.245. The number of aromatic nitrogens is 1. The maximum Gasteiger partial charge on any atom is 0.210 e. The number of halogens is 1. The van der Waals surface area contributed by atoms with Crippen LogP contribution >= 0.6 is 11.6 Å². The van der Waals surface area contributed by atoms with E-state index >= 15 is 0 Å². The molecule has 4 aromatic carbocycles. The molecule has 7 rings (SSSR count). The fraction of sp³-hybridized carbons (Fsp3) is 0.244. The van der Waals surface area contributed by atoms with Gasteiger partial charge in [0.25, 0.3) is 0 Å². The topological polar surface area (TPSA) is 48.4 Å². The Bertz CT molecular complexity index is 2270. The Balaban J connectivity index is 1.30. The average molecular weight is 628 g/mol. The summed E-state index contributed by atoms with van der Waals surface area (Å²) in [6.07, 6.45) is 11.5. The molecule has 1 aromatic heterocycles. The van der Waals surface area contributed by atoms with Gasteiger partial charge in [-0.25, -0.2) is 0 Å². The minimum Gasteiger partial charge on any atom is -0.395 e. The summed E-state index contributed by atoms with van der Waals surface area (Å²) in [6.45, 7) is 10.2. The highest BCUT2D eigenvalue weighted by atomic mass is 35.5. The number of nitrogens with zero attached hydrogens (tertiary/aromatic N) is 2. The van der Waals surface area contributed by atoms with E-state index in [1.54, 1.807) is 0 Å². The molecule has 5 aromatic rings. The Kier molecular flexibility index (Phi) is 8.06. The van der Waals surface area contributed by atoms with Gasteiger partial charge in [0.2, 0.25) is 5.69 Å². The second-order valence-corrected chi connectivity index (χ2v) is 13.2. The van der Waals surface area contributed by atoms with Crippen molar-refractivity contribution in [2.24, 2.45) is 0 Å². The van der Waals surface area contributed by atoms with Gasteiger partial charge in [-0.2, -0.15) is 4.58 Å². The first-order valence-electron chi connectivity index (χ1n) is 16.2. The molecule has 0 spiro atoms. The summed E-state index contributed by atoms with van der Waals surface area (Å²) >= 11 is 7.15. The monoisotopic (exact) mass is 627 g/mol. The van der Waals surface area contributed by atoms with E-state index in [1.165, 1.54) is 27.1 Å². The van der Waals surface area contributed by atoms with Crippen molar-refractivity contribution < 1.29 is 14.8 Å². The maximum atomic E-state index is 10.0. The van der Waals surface area contributed by atoms with E-state index in [9.17, 15) is 10.2 Å². The molecule has 0 atom stereocenters. The molecule has 0 bridgehead atoms. The molecule has 0 saturated carbocycles. The van der Waals surface area contributed by atoms with Crippen LogP contribution in [0, 0.1) is 0 Å². The van der Waals surface area contributed by atoms with Gasteiger partial charge in [-0.1, -0.05) is 84.9 Å². The second-order valence-electron chi connectivity index (χ2n) is 12.9. The van der Waals surface area contributed by atoms with Gasteiger partial charge in [0, 0.05) is 50.8 Å². The summed E-state index contributed by atoms with van der Waals surface area (Å²) < 4.78 is 4.43. The van der Waals surface area contributed by atoms with Crippen molar-refractivity contribution in [1.29, 1.82) is 0 Å². The van der Waals surface area contributed by atoms with Crippen LogP contribution in [0.1, 0.15) is 38.7 Å². The van der Waals surface area contributed by atoms with Gasteiger partial charge in [0.15, 0.2) is 12.3 Å². The molecule has 0 unspecified atom stereocenters. The summed E-state index contributed by atoms with van der Waals surface area (Å²) in [4.78, 5) is 0. The maximum absolute atomic E-state index is 10.0. The number of hydrogen-bond acceptors (Lipinski definition) is 2. The molecule has 4 nitrogen and oxygen atoms in total. The SMILES string of the molecule is C=c1c(=CC=C2CCCC(C=CC3=[N+](CCO)c4ccc5ccccc5c4C3(C)C)=C2Cl)n(CCO)c2ccc3ccccc3c12. The number of fused-ring (bicyclic) bond motifs is 6. The molecule has 0 fully saturated rings. The Morgan fingerprint density at radius 1 is 0.870 bits per heavy atom. The van der Waals surface area contributed by atoms with Crippen LogP contribution in [-0.4, -0.2) is 44.8 Å². The van der Waals surface area contributed by atoms with E-state index in [1.807, 2.05) is 0 Å². The van der Waals surface area contributed by atoms with Gasteiger partial charge < -0.3 is 14.8 Å². The first kappa shape index (κ1) is 30.4. The minimum absolute atomic E-state index is 0.0468. The van der Waals surface area contributed by atoms with Crippen LogP contribution in [0.5, 0.6) is 0 Å². The number of β-amino-alcohol motifs (C(OH)–C–C–N with tert-alkyl or cyclic N) is 1. The van der Waals surface area contributed by atoms with E-state index < -0.39 is 0 Å². The van der Waals surface area contributed by atoms with Crippen LogP contribution < -0.4 is 10.6 Å². The molecule has 0 amide bonds. The van der Waals surface area contributed by atoms with Crippen molar-refractivity contribution in [2.45, 2.75) is 45.1 Å². The molecule has 0 radical (unpaired) electrons. The third-order valence-electron chi connectivity index (χ3n) is 9.84. The Morgan fingerprint density at radius 3 is 2.35 bits per heavy atom.